The van der Waals surface area contributed by atoms with E-state index in [-0.39, 0.29) is 36.0 Å². The monoisotopic (exact) mass is 639 g/mol. The number of carbonyl (C=O) groups is 3. The van der Waals surface area contributed by atoms with E-state index in [9.17, 15) is 14.4 Å². The van der Waals surface area contributed by atoms with Crippen molar-refractivity contribution in [3.63, 3.8) is 0 Å². The zero-order chi connectivity index (χ0) is 29.8. The third kappa shape index (κ3) is 13.7. The van der Waals surface area contributed by atoms with E-state index in [1.807, 2.05) is 43.2 Å². The number of rotatable bonds is 23. The van der Waals surface area contributed by atoms with Gasteiger partial charge < -0.3 is 31.9 Å². The standard InChI is InChI=1S/C29H49N7O3S3/c1-30-22(11-5-9-15-31-19-20-41-42-26-14-6-10-17-33-26)28(38)34-18-8-2-7-16-32-25(37)13-4-3-12-24-27-23(21-40-24)35-29(39)36-27/h6,10,14,17,22-24,27,30-31H,2-5,7-9,11-13,15-16,18-21H2,1H3,(H,32,37)(H,34,38)(H2,35,36,39)/t22-,23-,24-,27-/m0/s1. The molecule has 0 bridgehead atoms. The van der Waals surface area contributed by atoms with Crippen LogP contribution in [0, 0.1) is 0 Å². The number of hydrogen-bond acceptors (Lipinski definition) is 9. The molecule has 1 aromatic rings. The lowest BCUT2D eigenvalue weighted by Gasteiger charge is -2.16. The van der Waals surface area contributed by atoms with Gasteiger partial charge in [-0.05, 0) is 81.5 Å². The van der Waals surface area contributed by atoms with Gasteiger partial charge in [0.1, 0.15) is 5.03 Å². The SMILES string of the molecule is CN[C@@H](CCCCNCCSSc1ccccn1)C(=O)NCCCCCNC(=O)CCCC[C@@H]1SC[C@@H]2NC(=O)N[C@@H]21. The van der Waals surface area contributed by atoms with Gasteiger partial charge in [-0.3, -0.25) is 9.59 Å². The number of likely N-dealkylation sites (N-methyl/N-ethyl adjacent to an activating group) is 1. The molecule has 0 aromatic carbocycles. The van der Waals surface area contributed by atoms with Crippen LogP contribution in [0.5, 0.6) is 0 Å². The summed E-state index contributed by atoms with van der Waals surface area (Å²) in [6, 6.07) is 6.25. The van der Waals surface area contributed by atoms with Crippen LogP contribution in [0.15, 0.2) is 29.4 Å². The highest BCUT2D eigenvalue weighted by Crippen LogP contribution is 2.33. The molecule has 3 heterocycles. The first kappa shape index (κ1) is 34.8. The molecular formula is C29H49N7O3S3. The summed E-state index contributed by atoms with van der Waals surface area (Å²) in [5.74, 6) is 2.18. The molecular weight excluding hydrogens is 591 g/mol. The first-order valence-corrected chi connectivity index (χ1v) is 18.7. The summed E-state index contributed by atoms with van der Waals surface area (Å²) in [6.07, 6.45) is 10.9. The molecule has 42 heavy (non-hydrogen) atoms. The third-order valence-electron chi connectivity index (χ3n) is 7.46. The number of hydrogen-bond donors (Lipinski definition) is 6. The topological polar surface area (TPSA) is 136 Å². The van der Waals surface area contributed by atoms with E-state index in [4.69, 9.17) is 0 Å². The van der Waals surface area contributed by atoms with Crippen molar-refractivity contribution in [3.05, 3.63) is 24.4 Å². The van der Waals surface area contributed by atoms with E-state index in [2.05, 4.69) is 36.9 Å². The molecule has 13 heteroatoms. The lowest BCUT2D eigenvalue weighted by atomic mass is 10.0. The van der Waals surface area contributed by atoms with Crippen molar-refractivity contribution in [1.29, 1.82) is 0 Å². The van der Waals surface area contributed by atoms with Crippen LogP contribution < -0.4 is 31.9 Å². The van der Waals surface area contributed by atoms with Crippen LogP contribution >= 0.6 is 33.3 Å². The summed E-state index contributed by atoms with van der Waals surface area (Å²) in [7, 11) is 5.36. The van der Waals surface area contributed by atoms with Gasteiger partial charge in [0.25, 0.3) is 0 Å². The van der Waals surface area contributed by atoms with Crippen LogP contribution in [0.2, 0.25) is 0 Å². The molecule has 0 aliphatic carbocycles. The maximum atomic E-state index is 12.5. The molecule has 0 radical (unpaired) electrons. The highest BCUT2D eigenvalue weighted by molar-refractivity contribution is 8.76. The number of carbonyl (C=O) groups excluding carboxylic acids is 3. The Balaban J connectivity index is 1.07. The molecule has 0 saturated carbocycles. The zero-order valence-electron chi connectivity index (χ0n) is 24.8. The summed E-state index contributed by atoms with van der Waals surface area (Å²) in [6.45, 7) is 3.27. The predicted molar refractivity (Wildman–Crippen MR) is 176 cm³/mol. The summed E-state index contributed by atoms with van der Waals surface area (Å²) in [5.41, 5.74) is 0. The fourth-order valence-corrected chi connectivity index (χ4v) is 8.47. The van der Waals surface area contributed by atoms with Crippen LogP contribution in [-0.4, -0.2) is 90.9 Å². The number of unbranched alkanes of at least 4 members (excludes halogenated alkanes) is 4. The van der Waals surface area contributed by atoms with Crippen molar-refractivity contribution in [2.75, 3.05) is 44.7 Å². The van der Waals surface area contributed by atoms with E-state index in [0.717, 1.165) is 87.4 Å². The molecule has 2 aliphatic rings. The average Bonchev–Trinajstić information content (AvgIpc) is 3.55. The number of aromatic nitrogens is 1. The summed E-state index contributed by atoms with van der Waals surface area (Å²) >= 11 is 1.92. The van der Waals surface area contributed by atoms with Crippen LogP contribution in [0.3, 0.4) is 0 Å². The van der Waals surface area contributed by atoms with Crippen molar-refractivity contribution in [2.24, 2.45) is 0 Å². The Hall–Kier alpha value is -1.67. The molecule has 3 rings (SSSR count). The van der Waals surface area contributed by atoms with Crippen molar-refractivity contribution in [1.82, 2.24) is 36.9 Å². The number of nitrogens with zero attached hydrogens (tertiary/aromatic N) is 1. The van der Waals surface area contributed by atoms with E-state index in [1.54, 1.807) is 21.6 Å². The number of urea groups is 1. The number of pyridine rings is 1. The van der Waals surface area contributed by atoms with Gasteiger partial charge >= 0.3 is 6.03 Å². The highest BCUT2D eigenvalue weighted by atomic mass is 33.1. The van der Waals surface area contributed by atoms with Gasteiger partial charge in [-0.2, -0.15) is 11.8 Å². The zero-order valence-corrected chi connectivity index (χ0v) is 27.3. The van der Waals surface area contributed by atoms with E-state index in [0.29, 0.717) is 24.8 Å². The molecule has 236 valence electrons. The van der Waals surface area contributed by atoms with Gasteiger partial charge in [-0.15, -0.1) is 0 Å². The third-order valence-corrected chi connectivity index (χ3v) is 11.2. The Labute approximate surface area is 263 Å². The molecule has 1 aromatic heterocycles. The number of fused-ring (bicyclic) bond motifs is 1. The molecule has 4 amide bonds. The Morgan fingerprint density at radius 1 is 1.02 bits per heavy atom. The molecule has 2 fully saturated rings. The number of amides is 4. The van der Waals surface area contributed by atoms with Gasteiger partial charge in [0, 0.05) is 49.0 Å². The fraction of sp³-hybridized carbons (Fsp3) is 0.724. The van der Waals surface area contributed by atoms with Crippen LogP contribution in [-0.2, 0) is 9.59 Å². The first-order chi connectivity index (χ1) is 20.6. The van der Waals surface area contributed by atoms with E-state index < -0.39 is 0 Å². The van der Waals surface area contributed by atoms with Gasteiger partial charge in [-0.25, -0.2) is 9.78 Å². The maximum Gasteiger partial charge on any atom is 0.315 e. The largest absolute Gasteiger partial charge is 0.356 e. The molecule has 4 atom stereocenters. The highest BCUT2D eigenvalue weighted by Gasteiger charge is 2.42. The molecule has 2 saturated heterocycles. The molecule has 0 unspecified atom stereocenters. The van der Waals surface area contributed by atoms with Gasteiger partial charge in [0.2, 0.25) is 11.8 Å². The number of nitrogens with one attached hydrogen (secondary N) is 6. The fourth-order valence-electron chi connectivity index (χ4n) is 5.09. The summed E-state index contributed by atoms with van der Waals surface area (Å²) in [5, 5.41) is 20.2. The molecule has 2 aliphatic heterocycles. The van der Waals surface area contributed by atoms with Crippen LogP contribution in [0.1, 0.15) is 64.2 Å². The average molecular weight is 640 g/mol. The predicted octanol–water partition coefficient (Wildman–Crippen LogP) is 3.30. The quantitative estimate of drug-likeness (QED) is 0.0606. The normalized spacial score (nSPS) is 20.0. The van der Waals surface area contributed by atoms with Gasteiger partial charge in [0.15, 0.2) is 0 Å². The Morgan fingerprint density at radius 2 is 1.86 bits per heavy atom. The second-order valence-electron chi connectivity index (χ2n) is 10.7. The van der Waals surface area contributed by atoms with Crippen LogP contribution in [0.25, 0.3) is 0 Å². The lowest BCUT2D eigenvalue weighted by Crippen LogP contribution is -2.43. The summed E-state index contributed by atoms with van der Waals surface area (Å²) in [4.78, 5) is 40.4. The second kappa shape index (κ2) is 21.1. The van der Waals surface area contributed by atoms with E-state index in [1.165, 1.54) is 0 Å². The van der Waals surface area contributed by atoms with Crippen molar-refractivity contribution in [3.8, 4) is 0 Å². The smallest absolute Gasteiger partial charge is 0.315 e. The molecule has 6 N–H and O–H groups in total. The van der Waals surface area contributed by atoms with Crippen molar-refractivity contribution < 1.29 is 14.4 Å². The first-order valence-electron chi connectivity index (χ1n) is 15.4. The van der Waals surface area contributed by atoms with Gasteiger partial charge in [-0.1, -0.05) is 29.7 Å². The maximum absolute atomic E-state index is 12.5. The minimum Gasteiger partial charge on any atom is -0.356 e. The Morgan fingerprint density at radius 3 is 2.67 bits per heavy atom. The summed E-state index contributed by atoms with van der Waals surface area (Å²) < 4.78 is 0. The lowest BCUT2D eigenvalue weighted by molar-refractivity contribution is -0.123. The molecule has 10 nitrogen and oxygen atoms in total. The Kier molecular flexibility index (Phi) is 17.5. The van der Waals surface area contributed by atoms with Gasteiger partial charge in [0.05, 0.1) is 18.1 Å². The van der Waals surface area contributed by atoms with Crippen molar-refractivity contribution >= 4 is 51.2 Å². The van der Waals surface area contributed by atoms with Crippen molar-refractivity contribution in [2.45, 2.75) is 92.6 Å². The second-order valence-corrected chi connectivity index (χ2v) is 14.4. The minimum absolute atomic E-state index is 0.0487. The molecule has 0 spiro atoms. The van der Waals surface area contributed by atoms with E-state index >= 15 is 0 Å². The Bertz CT molecular complexity index is 931. The van der Waals surface area contributed by atoms with Crippen LogP contribution in [0.4, 0.5) is 4.79 Å². The number of thioether (sulfide) groups is 1. The minimum atomic E-state index is -0.156.